The lowest BCUT2D eigenvalue weighted by Gasteiger charge is -2.07. The first kappa shape index (κ1) is 10.0. The van der Waals surface area contributed by atoms with Gasteiger partial charge in [0.1, 0.15) is 12.2 Å². The summed E-state index contributed by atoms with van der Waals surface area (Å²) in [6.45, 7) is 7.70. The van der Waals surface area contributed by atoms with Crippen LogP contribution in [0.2, 0.25) is 0 Å². The molecule has 4 heteroatoms. The fraction of sp³-hybridized carbons (Fsp3) is 1.00. The summed E-state index contributed by atoms with van der Waals surface area (Å²) in [5.41, 5.74) is -0.386. The summed E-state index contributed by atoms with van der Waals surface area (Å²) < 4.78 is 20.4. The standard InChI is InChI=1S/C6H14O3P/c1-5-8-10(7)9-6(2,3)4/h5H2,1-4H3/q+1. The normalized spacial score (nSPS) is 13.4. The van der Waals surface area contributed by atoms with Crippen LogP contribution in [0.15, 0.2) is 0 Å². The van der Waals surface area contributed by atoms with Crippen molar-refractivity contribution < 1.29 is 13.6 Å². The van der Waals surface area contributed by atoms with Gasteiger partial charge in [0.25, 0.3) is 0 Å². The van der Waals surface area contributed by atoms with E-state index in [0.29, 0.717) is 6.61 Å². The van der Waals surface area contributed by atoms with Crippen molar-refractivity contribution >= 4 is 8.25 Å². The predicted octanol–water partition coefficient (Wildman–Crippen LogP) is 2.50. The highest BCUT2D eigenvalue weighted by atomic mass is 31.1. The lowest BCUT2D eigenvalue weighted by atomic mass is 10.2. The molecule has 10 heavy (non-hydrogen) atoms. The van der Waals surface area contributed by atoms with Crippen LogP contribution in [-0.2, 0) is 13.6 Å². The molecule has 0 saturated carbocycles. The molecule has 60 valence electrons. The molecule has 0 spiro atoms. The van der Waals surface area contributed by atoms with Gasteiger partial charge in [-0.25, -0.2) is 0 Å². The summed E-state index contributed by atoms with van der Waals surface area (Å²) in [6.07, 6.45) is 0. The number of hydrogen-bond acceptors (Lipinski definition) is 3. The summed E-state index contributed by atoms with van der Waals surface area (Å²) in [5.74, 6) is 0. The van der Waals surface area contributed by atoms with Crippen LogP contribution in [0.25, 0.3) is 0 Å². The van der Waals surface area contributed by atoms with Crippen molar-refractivity contribution in [2.24, 2.45) is 0 Å². The summed E-state index contributed by atoms with van der Waals surface area (Å²) in [5, 5.41) is 0. The zero-order valence-corrected chi connectivity index (χ0v) is 7.77. The Morgan fingerprint density at radius 3 is 2.20 bits per heavy atom. The molecule has 0 aromatic rings. The molecule has 0 aliphatic rings. The van der Waals surface area contributed by atoms with Gasteiger partial charge >= 0.3 is 8.25 Å². The van der Waals surface area contributed by atoms with E-state index in [0.717, 1.165) is 0 Å². The number of rotatable bonds is 3. The van der Waals surface area contributed by atoms with Crippen LogP contribution in [0.3, 0.4) is 0 Å². The molecule has 0 N–H and O–H groups in total. The average Bonchev–Trinajstić information content (AvgIpc) is 1.59. The van der Waals surface area contributed by atoms with Gasteiger partial charge < -0.3 is 0 Å². The van der Waals surface area contributed by atoms with E-state index in [9.17, 15) is 4.57 Å². The van der Waals surface area contributed by atoms with Crippen molar-refractivity contribution in [1.29, 1.82) is 0 Å². The highest BCUT2D eigenvalue weighted by molar-refractivity contribution is 7.33. The smallest absolute Gasteiger partial charge is 0.119 e. The lowest BCUT2D eigenvalue weighted by molar-refractivity contribution is 0.110. The highest BCUT2D eigenvalue weighted by Crippen LogP contribution is 2.30. The van der Waals surface area contributed by atoms with E-state index >= 15 is 0 Å². The van der Waals surface area contributed by atoms with Crippen molar-refractivity contribution in [3.63, 3.8) is 0 Å². The Hall–Kier alpha value is 0.0200. The summed E-state index contributed by atoms with van der Waals surface area (Å²) >= 11 is 0. The maximum atomic E-state index is 10.8. The van der Waals surface area contributed by atoms with E-state index in [-0.39, 0.29) is 5.60 Å². The molecule has 3 nitrogen and oxygen atoms in total. The molecule has 0 bridgehead atoms. The highest BCUT2D eigenvalue weighted by Gasteiger charge is 2.28. The van der Waals surface area contributed by atoms with E-state index in [1.54, 1.807) is 6.92 Å². The van der Waals surface area contributed by atoms with Gasteiger partial charge in [-0.15, -0.1) is 9.05 Å². The minimum absolute atomic E-state index is 0.386. The molecular weight excluding hydrogens is 151 g/mol. The van der Waals surface area contributed by atoms with Crippen molar-refractivity contribution in [1.82, 2.24) is 0 Å². The van der Waals surface area contributed by atoms with Crippen molar-refractivity contribution in [3.8, 4) is 0 Å². The van der Waals surface area contributed by atoms with E-state index < -0.39 is 8.25 Å². The SMILES string of the molecule is CCO[P+](=O)OC(C)(C)C. The third kappa shape index (κ3) is 6.14. The Balaban J connectivity index is 3.58. The molecule has 0 radical (unpaired) electrons. The summed E-state index contributed by atoms with van der Waals surface area (Å²) in [7, 11) is -1.92. The van der Waals surface area contributed by atoms with Crippen LogP contribution in [-0.4, -0.2) is 12.2 Å². The van der Waals surface area contributed by atoms with E-state index in [1.165, 1.54) is 0 Å². The monoisotopic (exact) mass is 165 g/mol. The first-order chi connectivity index (χ1) is 4.45. The molecule has 1 unspecified atom stereocenters. The van der Waals surface area contributed by atoms with Crippen molar-refractivity contribution in [2.75, 3.05) is 6.61 Å². The van der Waals surface area contributed by atoms with Crippen LogP contribution < -0.4 is 0 Å². The lowest BCUT2D eigenvalue weighted by Crippen LogP contribution is -2.14. The minimum atomic E-state index is -1.92. The van der Waals surface area contributed by atoms with Crippen LogP contribution in [0.5, 0.6) is 0 Å². The molecule has 0 fully saturated rings. The van der Waals surface area contributed by atoms with Gasteiger partial charge in [-0.3, -0.25) is 0 Å². The minimum Gasteiger partial charge on any atom is -0.119 e. The van der Waals surface area contributed by atoms with Gasteiger partial charge in [0.2, 0.25) is 0 Å². The zero-order valence-electron chi connectivity index (χ0n) is 6.88. The Morgan fingerprint density at radius 2 is 1.90 bits per heavy atom. The first-order valence-corrected chi connectivity index (χ1v) is 4.34. The van der Waals surface area contributed by atoms with Crippen LogP contribution in [0.1, 0.15) is 27.7 Å². The van der Waals surface area contributed by atoms with Crippen molar-refractivity contribution in [2.45, 2.75) is 33.3 Å². The second-order valence-corrected chi connectivity index (χ2v) is 3.73. The predicted molar refractivity (Wildman–Crippen MR) is 40.1 cm³/mol. The topological polar surface area (TPSA) is 35.5 Å². The number of hydrogen-bond donors (Lipinski definition) is 0. The molecule has 0 aromatic carbocycles. The van der Waals surface area contributed by atoms with Gasteiger partial charge in [0, 0.05) is 4.57 Å². The average molecular weight is 165 g/mol. The van der Waals surface area contributed by atoms with E-state index in [4.69, 9.17) is 9.05 Å². The molecular formula is C6H14O3P+. The van der Waals surface area contributed by atoms with Crippen LogP contribution in [0.4, 0.5) is 0 Å². The summed E-state index contributed by atoms with van der Waals surface area (Å²) in [6, 6.07) is 0. The largest absolute Gasteiger partial charge is 0.697 e. The zero-order chi connectivity index (χ0) is 8.20. The maximum absolute atomic E-state index is 10.8. The fourth-order valence-corrected chi connectivity index (χ4v) is 1.07. The third-order valence-corrected chi connectivity index (χ3v) is 1.75. The molecule has 0 saturated heterocycles. The van der Waals surface area contributed by atoms with Crippen molar-refractivity contribution in [3.05, 3.63) is 0 Å². The summed E-state index contributed by atoms with van der Waals surface area (Å²) in [4.78, 5) is 0. The van der Waals surface area contributed by atoms with Crippen LogP contribution in [0, 0.1) is 0 Å². The van der Waals surface area contributed by atoms with Gasteiger partial charge in [0.05, 0.1) is 0 Å². The first-order valence-electron chi connectivity index (χ1n) is 3.25. The van der Waals surface area contributed by atoms with Gasteiger partial charge in [-0.2, -0.15) is 0 Å². The molecule has 0 rings (SSSR count). The van der Waals surface area contributed by atoms with E-state index in [2.05, 4.69) is 0 Å². The van der Waals surface area contributed by atoms with Gasteiger partial charge in [-0.1, -0.05) is 0 Å². The molecule has 0 aliphatic carbocycles. The Labute approximate surface area is 62.7 Å². The van der Waals surface area contributed by atoms with E-state index in [1.807, 2.05) is 20.8 Å². The Bertz CT molecular complexity index is 117. The van der Waals surface area contributed by atoms with Crippen LogP contribution >= 0.6 is 8.25 Å². The molecule has 1 atom stereocenters. The maximum Gasteiger partial charge on any atom is 0.697 e. The molecule has 0 aliphatic heterocycles. The molecule has 0 aromatic heterocycles. The van der Waals surface area contributed by atoms with Gasteiger partial charge in [0.15, 0.2) is 0 Å². The Kier molecular flexibility index (Phi) is 4.02. The Morgan fingerprint density at radius 1 is 1.40 bits per heavy atom. The molecule has 0 heterocycles. The second-order valence-electron chi connectivity index (χ2n) is 2.85. The fourth-order valence-electron chi connectivity index (χ4n) is 0.355. The third-order valence-electron chi connectivity index (χ3n) is 0.583. The van der Waals surface area contributed by atoms with Gasteiger partial charge in [-0.05, 0) is 27.7 Å². The molecule has 0 amide bonds. The second kappa shape index (κ2) is 4.02. The quantitative estimate of drug-likeness (QED) is 0.602.